The summed E-state index contributed by atoms with van der Waals surface area (Å²) in [6, 6.07) is 1.68. The molecule has 0 aliphatic heterocycles. The van der Waals surface area contributed by atoms with E-state index in [0.29, 0.717) is 12.0 Å². The smallest absolute Gasteiger partial charge is 0.170 e. The van der Waals surface area contributed by atoms with Gasteiger partial charge >= 0.3 is 0 Å². The minimum Gasteiger partial charge on any atom is -0.296 e. The van der Waals surface area contributed by atoms with Crippen LogP contribution in [0.2, 0.25) is 0 Å². The maximum atomic E-state index is 10.1. The van der Waals surface area contributed by atoms with Crippen molar-refractivity contribution in [1.29, 1.82) is 0 Å². The Labute approximate surface area is 52.7 Å². The summed E-state index contributed by atoms with van der Waals surface area (Å²) in [4.78, 5) is 10.1. The second-order valence-corrected chi connectivity index (χ2v) is 1.78. The zero-order chi connectivity index (χ0) is 6.69. The number of nitrogens with zero attached hydrogens (tertiary/aromatic N) is 2. The van der Waals surface area contributed by atoms with E-state index in [0.717, 1.165) is 5.56 Å². The summed E-state index contributed by atoms with van der Waals surface area (Å²) >= 11 is 0. The van der Waals surface area contributed by atoms with Crippen molar-refractivity contribution >= 4 is 6.29 Å². The molecule has 0 amide bonds. The molecule has 0 aromatic carbocycles. The van der Waals surface area contributed by atoms with Crippen LogP contribution in [0.4, 0.5) is 0 Å². The first kappa shape index (κ1) is 5.88. The summed E-state index contributed by atoms with van der Waals surface area (Å²) < 4.78 is 0. The predicted octanol–water partition coefficient (Wildman–Crippen LogP) is 0.598. The van der Waals surface area contributed by atoms with Crippen molar-refractivity contribution in [3.05, 3.63) is 23.5 Å². The van der Waals surface area contributed by atoms with Crippen LogP contribution in [-0.2, 0) is 0 Å². The van der Waals surface area contributed by atoms with Crippen molar-refractivity contribution in [2.75, 3.05) is 0 Å². The van der Waals surface area contributed by atoms with Gasteiger partial charge in [-0.15, -0.1) is 5.10 Å². The van der Waals surface area contributed by atoms with Gasteiger partial charge in [-0.3, -0.25) is 4.79 Å². The van der Waals surface area contributed by atoms with Crippen molar-refractivity contribution in [2.24, 2.45) is 0 Å². The molecule has 0 saturated heterocycles. The molecule has 3 nitrogen and oxygen atoms in total. The first-order chi connectivity index (χ1) is 4.33. The maximum absolute atomic E-state index is 10.1. The van der Waals surface area contributed by atoms with Crippen LogP contribution in [0.3, 0.4) is 0 Å². The Bertz CT molecular complexity index is 222. The summed E-state index contributed by atoms with van der Waals surface area (Å²) in [7, 11) is 0. The monoisotopic (exact) mass is 122 g/mol. The van der Waals surface area contributed by atoms with Crippen LogP contribution < -0.4 is 0 Å². The number of hydrogen-bond donors (Lipinski definition) is 0. The molecule has 46 valence electrons. The first-order valence-corrected chi connectivity index (χ1v) is 2.57. The molecule has 1 aromatic rings. The first-order valence-electron chi connectivity index (χ1n) is 2.57. The summed E-state index contributed by atoms with van der Waals surface area (Å²) in [5, 5.41) is 7.11. The summed E-state index contributed by atoms with van der Waals surface area (Å²) in [6.07, 6.45) is 2.28. The molecule has 0 radical (unpaired) electrons. The normalized spacial score (nSPS) is 9.00. The molecule has 0 saturated carbocycles. The summed E-state index contributed by atoms with van der Waals surface area (Å²) in [5.41, 5.74) is 1.34. The minimum absolute atomic E-state index is 0.384. The van der Waals surface area contributed by atoms with Crippen LogP contribution in [0.1, 0.15) is 16.1 Å². The van der Waals surface area contributed by atoms with Crippen LogP contribution in [0, 0.1) is 6.92 Å². The highest BCUT2D eigenvalue weighted by Crippen LogP contribution is 1.92. The number of carbonyl (C=O) groups is 1. The van der Waals surface area contributed by atoms with E-state index in [4.69, 9.17) is 0 Å². The average molecular weight is 122 g/mol. The molecule has 1 rings (SSSR count). The molecule has 1 aromatic heterocycles. The highest BCUT2D eigenvalue weighted by Gasteiger charge is 1.89. The second-order valence-electron chi connectivity index (χ2n) is 1.78. The molecule has 0 atom stereocenters. The maximum Gasteiger partial charge on any atom is 0.170 e. The van der Waals surface area contributed by atoms with E-state index in [1.807, 2.05) is 6.92 Å². The quantitative estimate of drug-likeness (QED) is 0.512. The molecule has 1 heterocycles. The predicted molar refractivity (Wildman–Crippen MR) is 32.2 cm³/mol. The summed E-state index contributed by atoms with van der Waals surface area (Å²) in [5.74, 6) is 0. The van der Waals surface area contributed by atoms with Crippen LogP contribution in [0.15, 0.2) is 12.3 Å². The Hall–Kier alpha value is -1.25. The van der Waals surface area contributed by atoms with Crippen molar-refractivity contribution < 1.29 is 4.79 Å². The number of hydrogen-bond acceptors (Lipinski definition) is 3. The van der Waals surface area contributed by atoms with E-state index in [-0.39, 0.29) is 0 Å². The van der Waals surface area contributed by atoms with E-state index in [9.17, 15) is 4.79 Å². The van der Waals surface area contributed by atoms with Gasteiger partial charge < -0.3 is 0 Å². The third kappa shape index (κ3) is 1.32. The third-order valence-corrected chi connectivity index (χ3v) is 0.931. The topological polar surface area (TPSA) is 42.9 Å². The second kappa shape index (κ2) is 2.35. The Balaban J connectivity index is 3.07. The molecule has 9 heavy (non-hydrogen) atoms. The van der Waals surface area contributed by atoms with Gasteiger partial charge in [0.2, 0.25) is 0 Å². The molecule has 0 spiro atoms. The van der Waals surface area contributed by atoms with Crippen LogP contribution in [0.25, 0.3) is 0 Å². The Morgan fingerprint density at radius 2 is 2.44 bits per heavy atom. The lowest BCUT2D eigenvalue weighted by Gasteiger charge is -1.87. The number of rotatable bonds is 1. The molecule has 0 aliphatic rings. The fraction of sp³-hybridized carbons (Fsp3) is 0.167. The van der Waals surface area contributed by atoms with Gasteiger partial charge in [0.25, 0.3) is 0 Å². The van der Waals surface area contributed by atoms with Gasteiger partial charge in [-0.2, -0.15) is 5.10 Å². The zero-order valence-electron chi connectivity index (χ0n) is 5.03. The van der Waals surface area contributed by atoms with Gasteiger partial charge in [-0.25, -0.2) is 0 Å². The van der Waals surface area contributed by atoms with Gasteiger partial charge in [0.05, 0.1) is 6.20 Å². The lowest BCUT2D eigenvalue weighted by molar-refractivity contribution is 0.111. The van der Waals surface area contributed by atoms with Crippen LogP contribution in [-0.4, -0.2) is 16.5 Å². The number of aldehydes is 1. The van der Waals surface area contributed by atoms with Crippen LogP contribution in [0.5, 0.6) is 0 Å². The zero-order valence-corrected chi connectivity index (χ0v) is 5.03. The SMILES string of the molecule is Cc1cnnc(C=O)c1. The lowest BCUT2D eigenvalue weighted by atomic mass is 10.3. The number of aryl methyl sites for hydroxylation is 1. The van der Waals surface area contributed by atoms with Crippen molar-refractivity contribution in [3.8, 4) is 0 Å². The standard InChI is InChI=1S/C6H6N2O/c1-5-2-6(4-9)8-7-3-5/h2-4H,1H3. The Kier molecular flexibility index (Phi) is 1.53. The lowest BCUT2D eigenvalue weighted by Crippen LogP contribution is -1.89. The highest BCUT2D eigenvalue weighted by atomic mass is 16.1. The summed E-state index contributed by atoms with van der Waals surface area (Å²) in [6.45, 7) is 1.86. The van der Waals surface area contributed by atoms with Gasteiger partial charge in [0.15, 0.2) is 6.29 Å². The molecule has 0 fully saturated rings. The molecule has 0 unspecified atom stereocenters. The number of carbonyl (C=O) groups excluding carboxylic acids is 1. The van der Waals surface area contributed by atoms with Gasteiger partial charge in [-0.1, -0.05) is 0 Å². The van der Waals surface area contributed by atoms with Gasteiger partial charge in [0.1, 0.15) is 5.69 Å². The van der Waals surface area contributed by atoms with Gasteiger partial charge in [-0.05, 0) is 18.6 Å². The molecule has 0 N–H and O–H groups in total. The Morgan fingerprint density at radius 1 is 1.67 bits per heavy atom. The molecule has 0 bridgehead atoms. The average Bonchev–Trinajstić information content (AvgIpc) is 1.88. The Morgan fingerprint density at radius 3 is 2.89 bits per heavy atom. The fourth-order valence-electron chi connectivity index (χ4n) is 0.544. The van der Waals surface area contributed by atoms with E-state index < -0.39 is 0 Å². The van der Waals surface area contributed by atoms with Crippen molar-refractivity contribution in [1.82, 2.24) is 10.2 Å². The molecule has 3 heteroatoms. The minimum atomic E-state index is 0.384. The van der Waals surface area contributed by atoms with Crippen molar-refractivity contribution in [2.45, 2.75) is 6.92 Å². The molecule has 0 aliphatic carbocycles. The van der Waals surface area contributed by atoms with E-state index in [2.05, 4.69) is 10.2 Å². The van der Waals surface area contributed by atoms with E-state index in [1.165, 1.54) is 0 Å². The van der Waals surface area contributed by atoms with E-state index in [1.54, 1.807) is 12.3 Å². The number of aromatic nitrogens is 2. The molecular weight excluding hydrogens is 116 g/mol. The van der Waals surface area contributed by atoms with Gasteiger partial charge in [0, 0.05) is 0 Å². The van der Waals surface area contributed by atoms with Crippen molar-refractivity contribution in [3.63, 3.8) is 0 Å². The largest absolute Gasteiger partial charge is 0.296 e. The van der Waals surface area contributed by atoms with Crippen LogP contribution >= 0.6 is 0 Å². The molecular formula is C6H6N2O. The highest BCUT2D eigenvalue weighted by molar-refractivity contribution is 5.71. The van der Waals surface area contributed by atoms with E-state index >= 15 is 0 Å². The third-order valence-electron chi connectivity index (χ3n) is 0.931. The fourth-order valence-corrected chi connectivity index (χ4v) is 0.544.